The number of aliphatic hydroxyl groups excluding tert-OH is 1. The van der Waals surface area contributed by atoms with Gasteiger partial charge in [0.25, 0.3) is 5.91 Å². The molecule has 2 N–H and O–H groups in total. The Balaban J connectivity index is 1.55. The number of hydrogen-bond donors (Lipinski definition) is 2. The van der Waals surface area contributed by atoms with E-state index in [-0.39, 0.29) is 16.9 Å². The van der Waals surface area contributed by atoms with Gasteiger partial charge in [-0.15, -0.1) is 0 Å². The molecule has 0 bridgehead atoms. The molecule has 0 saturated carbocycles. The molecule has 2 heterocycles. The van der Waals surface area contributed by atoms with E-state index in [1.54, 1.807) is 66.7 Å². The highest BCUT2D eigenvalue weighted by atomic mass is 19.1. The van der Waals surface area contributed by atoms with Gasteiger partial charge in [0.15, 0.2) is 6.23 Å². The number of alkyl halides is 1. The van der Waals surface area contributed by atoms with Crippen molar-refractivity contribution >= 4 is 23.5 Å². The molecule has 42 heavy (non-hydrogen) atoms. The third kappa shape index (κ3) is 5.00. The van der Waals surface area contributed by atoms with Crippen molar-refractivity contribution in [2.45, 2.75) is 30.5 Å². The Morgan fingerprint density at radius 1 is 0.929 bits per heavy atom. The number of benzene rings is 3. The summed E-state index contributed by atoms with van der Waals surface area (Å²) in [6.07, 6.45) is -2.43. The standard InChI is InChI=1S/C31H26FN3O7/c1-30(32)28(35-18-17-24(34-29(35)40)33-26(38)21-13-7-3-8-14-21)41-23(19-36)31(30,25(37)20-11-5-2-6-12-20)42-27(39)22-15-9-4-10-16-22/h2-18,23,28,36H,19H2,1H3,(H,33,34,38,40)/t23-,28-,30+,31+/m1/s1. The summed E-state index contributed by atoms with van der Waals surface area (Å²) in [6.45, 7) is 0.0357. The summed E-state index contributed by atoms with van der Waals surface area (Å²) < 4.78 is 29.5. The summed E-state index contributed by atoms with van der Waals surface area (Å²) in [5.41, 5.74) is -6.28. The highest BCUT2D eigenvalue weighted by Gasteiger charge is 2.73. The van der Waals surface area contributed by atoms with Crippen LogP contribution in [0.3, 0.4) is 0 Å². The molecule has 1 fully saturated rings. The maximum atomic E-state index is 17.3. The van der Waals surface area contributed by atoms with E-state index < -0.39 is 53.6 Å². The molecule has 1 saturated heterocycles. The maximum absolute atomic E-state index is 17.3. The highest BCUT2D eigenvalue weighted by molar-refractivity contribution is 6.06. The van der Waals surface area contributed by atoms with Gasteiger partial charge in [0.05, 0.1) is 12.2 Å². The second-order valence-electron chi connectivity index (χ2n) is 9.74. The van der Waals surface area contributed by atoms with E-state index in [9.17, 15) is 24.3 Å². The SMILES string of the molecule is C[C@]1(F)[C@H](n2ccc(NC(=O)c3ccccc3)nc2=O)O[C@H](CO)[C@]1(OC(=O)c1ccccc1)C(=O)c1ccccc1. The summed E-state index contributed by atoms with van der Waals surface area (Å²) in [5, 5.41) is 12.8. The first-order valence-electron chi connectivity index (χ1n) is 13.0. The number of carbonyl (C=O) groups is 3. The van der Waals surface area contributed by atoms with Gasteiger partial charge in [-0.25, -0.2) is 14.0 Å². The molecule has 11 heteroatoms. The van der Waals surface area contributed by atoms with Crippen LogP contribution in [0.25, 0.3) is 0 Å². The molecule has 0 unspecified atom stereocenters. The molecule has 10 nitrogen and oxygen atoms in total. The van der Waals surface area contributed by atoms with Crippen LogP contribution in [0.5, 0.6) is 0 Å². The van der Waals surface area contributed by atoms with Gasteiger partial charge in [-0.2, -0.15) is 4.98 Å². The number of aliphatic hydroxyl groups is 1. The summed E-state index contributed by atoms with van der Waals surface area (Å²) in [5.74, 6) is -2.62. The van der Waals surface area contributed by atoms with Gasteiger partial charge in [0, 0.05) is 17.3 Å². The first kappa shape index (κ1) is 28.5. The van der Waals surface area contributed by atoms with Crippen LogP contribution < -0.4 is 11.0 Å². The number of Topliss-reactive ketones (excluding diaryl/α,β-unsaturated/α-hetero) is 1. The molecule has 1 aliphatic heterocycles. The van der Waals surface area contributed by atoms with Crippen LogP contribution in [0.15, 0.2) is 108 Å². The van der Waals surface area contributed by atoms with Crippen molar-refractivity contribution in [1.82, 2.24) is 9.55 Å². The predicted octanol–water partition coefficient (Wildman–Crippen LogP) is 3.59. The fourth-order valence-electron chi connectivity index (χ4n) is 4.98. The fraction of sp³-hybridized carbons (Fsp3) is 0.194. The summed E-state index contributed by atoms with van der Waals surface area (Å²) >= 11 is 0. The normalized spacial score (nSPS) is 23.2. The van der Waals surface area contributed by atoms with Crippen LogP contribution in [0.1, 0.15) is 44.2 Å². The minimum Gasteiger partial charge on any atom is -0.440 e. The number of amides is 1. The lowest BCUT2D eigenvalue weighted by molar-refractivity contribution is -0.0888. The Kier molecular flexibility index (Phi) is 7.79. The summed E-state index contributed by atoms with van der Waals surface area (Å²) in [4.78, 5) is 56.8. The Hall–Kier alpha value is -5.00. The number of nitrogens with zero attached hydrogens (tertiary/aromatic N) is 2. The number of hydrogen-bond acceptors (Lipinski definition) is 8. The molecule has 5 rings (SSSR count). The van der Waals surface area contributed by atoms with E-state index in [0.717, 1.165) is 17.7 Å². The van der Waals surface area contributed by atoms with Crippen molar-refractivity contribution in [2.24, 2.45) is 0 Å². The topological polar surface area (TPSA) is 137 Å². The molecule has 0 radical (unpaired) electrons. The van der Waals surface area contributed by atoms with Crippen LogP contribution in [-0.4, -0.2) is 56.3 Å². The third-order valence-corrected chi connectivity index (χ3v) is 7.10. The summed E-state index contributed by atoms with van der Waals surface area (Å²) in [6, 6.07) is 24.7. The van der Waals surface area contributed by atoms with Crippen LogP contribution >= 0.6 is 0 Å². The lowest BCUT2D eigenvalue weighted by Crippen LogP contribution is -2.63. The zero-order valence-electron chi connectivity index (χ0n) is 22.3. The van der Waals surface area contributed by atoms with E-state index in [1.165, 1.54) is 30.3 Å². The number of ether oxygens (including phenoxy) is 2. The number of ketones is 1. The monoisotopic (exact) mass is 571 g/mol. The molecule has 4 atom stereocenters. The Morgan fingerprint density at radius 3 is 2.02 bits per heavy atom. The molecule has 0 spiro atoms. The second kappa shape index (κ2) is 11.5. The molecular weight excluding hydrogens is 545 g/mol. The lowest BCUT2D eigenvalue weighted by atomic mass is 9.76. The van der Waals surface area contributed by atoms with Crippen LogP contribution in [0, 0.1) is 0 Å². The largest absolute Gasteiger partial charge is 0.440 e. The quantitative estimate of drug-likeness (QED) is 0.242. The minimum absolute atomic E-state index is 0.00520. The van der Waals surface area contributed by atoms with Gasteiger partial charge < -0.3 is 19.9 Å². The maximum Gasteiger partial charge on any atom is 0.351 e. The predicted molar refractivity (Wildman–Crippen MR) is 149 cm³/mol. The zero-order chi connectivity index (χ0) is 29.9. The van der Waals surface area contributed by atoms with Gasteiger partial charge in [0.1, 0.15) is 11.9 Å². The van der Waals surface area contributed by atoms with E-state index in [0.29, 0.717) is 5.56 Å². The van der Waals surface area contributed by atoms with E-state index >= 15 is 4.39 Å². The van der Waals surface area contributed by atoms with Crippen LogP contribution in [0.4, 0.5) is 10.2 Å². The number of anilines is 1. The van der Waals surface area contributed by atoms with E-state index in [2.05, 4.69) is 10.3 Å². The molecule has 1 aliphatic rings. The number of nitrogens with one attached hydrogen (secondary N) is 1. The smallest absolute Gasteiger partial charge is 0.351 e. The van der Waals surface area contributed by atoms with Crippen LogP contribution in [-0.2, 0) is 9.47 Å². The van der Waals surface area contributed by atoms with E-state index in [1.807, 2.05) is 0 Å². The van der Waals surface area contributed by atoms with Crippen molar-refractivity contribution in [3.63, 3.8) is 0 Å². The second-order valence-corrected chi connectivity index (χ2v) is 9.74. The van der Waals surface area contributed by atoms with E-state index in [4.69, 9.17) is 9.47 Å². The van der Waals surface area contributed by atoms with Gasteiger partial charge in [-0.05, 0) is 37.3 Å². The van der Waals surface area contributed by atoms with Crippen molar-refractivity contribution in [1.29, 1.82) is 0 Å². The van der Waals surface area contributed by atoms with Crippen LogP contribution in [0.2, 0.25) is 0 Å². The van der Waals surface area contributed by atoms with Crippen molar-refractivity contribution < 1.29 is 33.4 Å². The molecular formula is C31H26FN3O7. The number of rotatable bonds is 8. The zero-order valence-corrected chi connectivity index (χ0v) is 22.3. The first-order chi connectivity index (χ1) is 20.2. The molecule has 4 aromatic rings. The van der Waals surface area contributed by atoms with Gasteiger partial charge in [-0.1, -0.05) is 66.7 Å². The number of carbonyl (C=O) groups excluding carboxylic acids is 3. The third-order valence-electron chi connectivity index (χ3n) is 7.10. The minimum atomic E-state index is -2.90. The molecule has 3 aromatic carbocycles. The molecule has 1 amide bonds. The number of esters is 1. The highest BCUT2D eigenvalue weighted by Crippen LogP contribution is 2.51. The average Bonchev–Trinajstić information content (AvgIpc) is 3.24. The average molecular weight is 572 g/mol. The first-order valence-corrected chi connectivity index (χ1v) is 13.0. The van der Waals surface area contributed by atoms with Crippen molar-refractivity contribution in [3.8, 4) is 0 Å². The Labute approximate surface area is 239 Å². The number of aromatic nitrogens is 2. The molecule has 1 aromatic heterocycles. The van der Waals surface area contributed by atoms with Crippen molar-refractivity contribution in [3.05, 3.63) is 130 Å². The Bertz CT molecular complexity index is 1660. The Morgan fingerprint density at radius 2 is 1.48 bits per heavy atom. The summed E-state index contributed by atoms with van der Waals surface area (Å²) in [7, 11) is 0. The van der Waals surface area contributed by atoms with Crippen molar-refractivity contribution in [2.75, 3.05) is 11.9 Å². The molecule has 0 aliphatic carbocycles. The molecule has 214 valence electrons. The van der Waals surface area contributed by atoms with Gasteiger partial charge in [0.2, 0.25) is 17.1 Å². The number of halogens is 1. The van der Waals surface area contributed by atoms with Gasteiger partial charge >= 0.3 is 11.7 Å². The van der Waals surface area contributed by atoms with Gasteiger partial charge in [-0.3, -0.25) is 14.2 Å². The fourth-order valence-corrected chi connectivity index (χ4v) is 4.98. The lowest BCUT2D eigenvalue weighted by Gasteiger charge is -2.38.